The summed E-state index contributed by atoms with van der Waals surface area (Å²) in [6.45, 7) is 9.61. The van der Waals surface area contributed by atoms with Crippen LogP contribution in [0.5, 0.6) is 11.5 Å². The molecule has 0 radical (unpaired) electrons. The van der Waals surface area contributed by atoms with Gasteiger partial charge in [0, 0.05) is 17.5 Å². The number of ether oxygens (including phenoxy) is 2. The van der Waals surface area contributed by atoms with Gasteiger partial charge in [0.15, 0.2) is 16.7 Å². The van der Waals surface area contributed by atoms with E-state index >= 15 is 0 Å². The van der Waals surface area contributed by atoms with Gasteiger partial charge >= 0.3 is 0 Å². The molecule has 0 fully saturated rings. The summed E-state index contributed by atoms with van der Waals surface area (Å²) in [6.07, 6.45) is 0. The fourth-order valence-electron chi connectivity index (χ4n) is 2.05. The maximum Gasteiger partial charge on any atom is 0.163 e. The molecular weight excluding hydrogens is 284 g/mol. The van der Waals surface area contributed by atoms with E-state index in [1.165, 1.54) is 0 Å². The number of thioether (sulfide) groups is 1. The van der Waals surface area contributed by atoms with E-state index in [-0.39, 0.29) is 0 Å². The Labute approximate surface area is 131 Å². The van der Waals surface area contributed by atoms with Gasteiger partial charge in [0.2, 0.25) is 0 Å². The van der Waals surface area contributed by atoms with Gasteiger partial charge in [0.1, 0.15) is 0 Å². The Morgan fingerprint density at radius 3 is 2.57 bits per heavy atom. The zero-order chi connectivity index (χ0) is 15.2. The summed E-state index contributed by atoms with van der Waals surface area (Å²) in [5.74, 6) is 3.19. The maximum absolute atomic E-state index is 5.64. The highest BCUT2D eigenvalue weighted by atomic mass is 32.2. The second-order valence-electron chi connectivity index (χ2n) is 5.21. The largest absolute Gasteiger partial charge is 0.490 e. The molecule has 1 aliphatic heterocycles. The molecule has 1 aromatic rings. The van der Waals surface area contributed by atoms with Crippen molar-refractivity contribution in [2.75, 3.05) is 24.3 Å². The van der Waals surface area contributed by atoms with E-state index in [0.717, 1.165) is 28.1 Å². The van der Waals surface area contributed by atoms with Crippen LogP contribution in [0.1, 0.15) is 27.7 Å². The van der Waals surface area contributed by atoms with Crippen LogP contribution in [0.3, 0.4) is 0 Å². The van der Waals surface area contributed by atoms with Gasteiger partial charge in [0.05, 0.1) is 19.3 Å². The molecule has 116 valence electrons. The van der Waals surface area contributed by atoms with Gasteiger partial charge in [-0.15, -0.1) is 0 Å². The van der Waals surface area contributed by atoms with E-state index in [4.69, 9.17) is 14.5 Å². The van der Waals surface area contributed by atoms with Gasteiger partial charge in [-0.3, -0.25) is 4.99 Å². The third kappa shape index (κ3) is 4.30. The average Bonchev–Trinajstić information content (AvgIpc) is 2.91. The lowest BCUT2D eigenvalue weighted by Crippen LogP contribution is -2.12. The van der Waals surface area contributed by atoms with E-state index in [1.54, 1.807) is 11.8 Å². The standard InChI is InChI=1S/C16H24N2O2S/c1-5-19-14-8-7-12(9-15(14)20-6-2)17-16-18-13(10-21-16)11(3)4/h7-9,11,13H,5-6,10H2,1-4H3,(H,17,18). The van der Waals surface area contributed by atoms with Crippen LogP contribution in [0.4, 0.5) is 5.69 Å². The number of amidine groups is 1. The van der Waals surface area contributed by atoms with Crippen molar-refractivity contribution in [1.82, 2.24) is 0 Å². The summed E-state index contributed by atoms with van der Waals surface area (Å²) in [7, 11) is 0. The van der Waals surface area contributed by atoms with Crippen LogP contribution < -0.4 is 14.8 Å². The van der Waals surface area contributed by atoms with E-state index in [1.807, 2.05) is 32.0 Å². The number of rotatable bonds is 6. The van der Waals surface area contributed by atoms with Gasteiger partial charge in [0.25, 0.3) is 0 Å². The molecule has 5 heteroatoms. The second-order valence-corrected chi connectivity index (χ2v) is 6.22. The van der Waals surface area contributed by atoms with Gasteiger partial charge in [-0.1, -0.05) is 25.6 Å². The highest BCUT2D eigenvalue weighted by Gasteiger charge is 2.21. The Morgan fingerprint density at radius 1 is 1.24 bits per heavy atom. The first-order valence-electron chi connectivity index (χ1n) is 7.51. The first kappa shape index (κ1) is 16.0. The van der Waals surface area contributed by atoms with Crippen LogP contribution in [-0.2, 0) is 0 Å². The van der Waals surface area contributed by atoms with Crippen LogP contribution in [0.2, 0.25) is 0 Å². The molecule has 1 atom stereocenters. The Morgan fingerprint density at radius 2 is 1.95 bits per heavy atom. The molecule has 1 aromatic carbocycles. The second kappa shape index (κ2) is 7.59. The Bertz CT molecular complexity index is 503. The molecule has 1 unspecified atom stereocenters. The summed E-state index contributed by atoms with van der Waals surface area (Å²) in [4.78, 5) is 4.71. The maximum atomic E-state index is 5.64. The van der Waals surface area contributed by atoms with E-state index in [9.17, 15) is 0 Å². The molecule has 0 bridgehead atoms. The van der Waals surface area contributed by atoms with Crippen LogP contribution >= 0.6 is 11.8 Å². The summed E-state index contributed by atoms with van der Waals surface area (Å²) in [5.41, 5.74) is 0.984. The number of aliphatic imine (C=N–C) groups is 1. The molecular formula is C16H24N2O2S. The van der Waals surface area contributed by atoms with Crippen molar-refractivity contribution < 1.29 is 9.47 Å². The highest BCUT2D eigenvalue weighted by molar-refractivity contribution is 8.14. The van der Waals surface area contributed by atoms with Gasteiger partial charge in [-0.05, 0) is 31.9 Å². The number of nitrogens with one attached hydrogen (secondary N) is 1. The first-order chi connectivity index (χ1) is 10.1. The number of anilines is 1. The van der Waals surface area contributed by atoms with Crippen LogP contribution in [0.25, 0.3) is 0 Å². The number of benzene rings is 1. The molecule has 1 aliphatic rings. The van der Waals surface area contributed by atoms with Crippen molar-refractivity contribution >= 4 is 22.6 Å². The Hall–Kier alpha value is -1.36. The number of hydrogen-bond donors (Lipinski definition) is 1. The predicted octanol–water partition coefficient (Wildman–Crippen LogP) is 4.02. The Kier molecular flexibility index (Phi) is 5.79. The minimum Gasteiger partial charge on any atom is -0.490 e. The van der Waals surface area contributed by atoms with Crippen molar-refractivity contribution in [3.63, 3.8) is 0 Å². The molecule has 0 aliphatic carbocycles. The summed E-state index contributed by atoms with van der Waals surface area (Å²) < 4.78 is 11.2. The van der Waals surface area contributed by atoms with Crippen LogP contribution in [-0.4, -0.2) is 30.2 Å². The lowest BCUT2D eigenvalue weighted by atomic mass is 10.1. The van der Waals surface area contributed by atoms with E-state index in [0.29, 0.717) is 25.2 Å². The molecule has 1 N–H and O–H groups in total. The molecule has 2 rings (SSSR count). The minimum absolute atomic E-state index is 0.409. The molecule has 0 spiro atoms. The van der Waals surface area contributed by atoms with Crippen molar-refractivity contribution in [3.8, 4) is 11.5 Å². The SMILES string of the molecule is CCOc1ccc(NC2=NC(C(C)C)CS2)cc1OCC. The van der Waals surface area contributed by atoms with E-state index in [2.05, 4.69) is 19.2 Å². The topological polar surface area (TPSA) is 42.8 Å². The zero-order valence-corrected chi connectivity index (χ0v) is 14.0. The fourth-order valence-corrected chi connectivity index (χ4v) is 3.24. The third-order valence-electron chi connectivity index (χ3n) is 3.24. The molecule has 0 amide bonds. The summed E-state index contributed by atoms with van der Waals surface area (Å²) in [6, 6.07) is 6.32. The molecule has 21 heavy (non-hydrogen) atoms. The summed E-state index contributed by atoms with van der Waals surface area (Å²) >= 11 is 1.77. The van der Waals surface area contributed by atoms with Gasteiger partial charge in [-0.25, -0.2) is 0 Å². The fraction of sp³-hybridized carbons (Fsp3) is 0.562. The van der Waals surface area contributed by atoms with E-state index < -0.39 is 0 Å². The third-order valence-corrected chi connectivity index (χ3v) is 4.23. The number of nitrogens with zero attached hydrogens (tertiary/aromatic N) is 1. The zero-order valence-electron chi connectivity index (χ0n) is 13.2. The molecule has 4 nitrogen and oxygen atoms in total. The van der Waals surface area contributed by atoms with Crippen molar-refractivity contribution in [2.24, 2.45) is 10.9 Å². The minimum atomic E-state index is 0.409. The smallest absolute Gasteiger partial charge is 0.163 e. The molecule has 1 heterocycles. The Balaban J connectivity index is 2.10. The van der Waals surface area contributed by atoms with Crippen LogP contribution in [0.15, 0.2) is 23.2 Å². The molecule has 0 aromatic heterocycles. The lowest BCUT2D eigenvalue weighted by molar-refractivity contribution is 0.288. The van der Waals surface area contributed by atoms with Crippen molar-refractivity contribution in [1.29, 1.82) is 0 Å². The monoisotopic (exact) mass is 308 g/mol. The van der Waals surface area contributed by atoms with Crippen molar-refractivity contribution in [3.05, 3.63) is 18.2 Å². The molecule has 0 saturated heterocycles. The van der Waals surface area contributed by atoms with Crippen LogP contribution in [0, 0.1) is 5.92 Å². The van der Waals surface area contributed by atoms with Crippen molar-refractivity contribution in [2.45, 2.75) is 33.7 Å². The quantitative estimate of drug-likeness (QED) is 0.862. The number of hydrogen-bond acceptors (Lipinski definition) is 5. The highest BCUT2D eigenvalue weighted by Crippen LogP contribution is 2.32. The molecule has 0 saturated carbocycles. The summed E-state index contributed by atoms with van der Waals surface area (Å²) in [5, 5.41) is 4.36. The average molecular weight is 308 g/mol. The van der Waals surface area contributed by atoms with Gasteiger partial charge in [-0.2, -0.15) is 0 Å². The predicted molar refractivity (Wildman–Crippen MR) is 90.9 cm³/mol. The lowest BCUT2D eigenvalue weighted by Gasteiger charge is -2.13. The first-order valence-corrected chi connectivity index (χ1v) is 8.49. The van der Waals surface area contributed by atoms with Gasteiger partial charge < -0.3 is 14.8 Å². The normalized spacial score (nSPS) is 17.8.